The van der Waals surface area contributed by atoms with Gasteiger partial charge >= 0.3 is 0 Å². The Morgan fingerprint density at radius 2 is 1.81 bits per heavy atom. The zero-order chi connectivity index (χ0) is 18.4. The number of nitrogens with two attached hydrogens (primary N) is 1. The van der Waals surface area contributed by atoms with Gasteiger partial charge in [-0.2, -0.15) is 0 Å². The predicted molar refractivity (Wildman–Crippen MR) is 103 cm³/mol. The van der Waals surface area contributed by atoms with Crippen molar-refractivity contribution in [2.75, 3.05) is 6.54 Å². The van der Waals surface area contributed by atoms with Crippen molar-refractivity contribution in [3.8, 4) is 0 Å². The number of para-hydroxylation sites is 1. The van der Waals surface area contributed by atoms with Gasteiger partial charge in [0.05, 0.1) is 6.42 Å². The SMILES string of the molecule is NC(=O)c1ccccc1CCCNC(=O)[CH]Cc1c[nH]c2ccccc12. The highest BCUT2D eigenvalue weighted by Crippen LogP contribution is 2.18. The Morgan fingerprint density at radius 1 is 1.04 bits per heavy atom. The van der Waals surface area contributed by atoms with Crippen molar-refractivity contribution in [3.05, 3.63) is 77.8 Å². The van der Waals surface area contributed by atoms with Crippen LogP contribution in [0.4, 0.5) is 0 Å². The Hall–Kier alpha value is -3.08. The van der Waals surface area contributed by atoms with Crippen LogP contribution in [0.5, 0.6) is 0 Å². The van der Waals surface area contributed by atoms with Gasteiger partial charge in [0.2, 0.25) is 11.8 Å². The van der Waals surface area contributed by atoms with E-state index in [1.165, 1.54) is 0 Å². The van der Waals surface area contributed by atoms with Gasteiger partial charge in [-0.3, -0.25) is 9.59 Å². The number of hydrogen-bond acceptors (Lipinski definition) is 2. The van der Waals surface area contributed by atoms with E-state index < -0.39 is 5.91 Å². The smallest absolute Gasteiger partial charge is 0.248 e. The van der Waals surface area contributed by atoms with E-state index in [4.69, 9.17) is 5.73 Å². The van der Waals surface area contributed by atoms with Gasteiger partial charge in [-0.25, -0.2) is 0 Å². The summed E-state index contributed by atoms with van der Waals surface area (Å²) in [6.07, 6.45) is 5.63. The molecule has 0 saturated carbocycles. The molecule has 0 aliphatic rings. The molecule has 1 radical (unpaired) electrons. The number of H-pyrrole nitrogens is 1. The lowest BCUT2D eigenvalue weighted by molar-refractivity contribution is -0.117. The molecule has 0 aliphatic carbocycles. The highest BCUT2D eigenvalue weighted by molar-refractivity contribution is 5.94. The molecule has 0 unspecified atom stereocenters. The van der Waals surface area contributed by atoms with Crippen molar-refractivity contribution in [1.82, 2.24) is 10.3 Å². The van der Waals surface area contributed by atoms with Crippen LogP contribution in [0.1, 0.15) is 27.9 Å². The van der Waals surface area contributed by atoms with Gasteiger partial charge in [-0.05, 0) is 42.5 Å². The molecule has 2 amide bonds. The zero-order valence-corrected chi connectivity index (χ0v) is 14.5. The lowest BCUT2D eigenvalue weighted by Gasteiger charge is -2.07. The molecule has 0 aliphatic heterocycles. The van der Waals surface area contributed by atoms with Crippen molar-refractivity contribution in [2.45, 2.75) is 19.3 Å². The number of hydrogen-bond donors (Lipinski definition) is 3. The lowest BCUT2D eigenvalue weighted by atomic mass is 10.0. The van der Waals surface area contributed by atoms with Crippen molar-refractivity contribution in [1.29, 1.82) is 0 Å². The van der Waals surface area contributed by atoms with Gasteiger partial charge in [0.25, 0.3) is 0 Å². The number of carbonyl (C=O) groups excluding carboxylic acids is 2. The Labute approximate surface area is 152 Å². The third-order valence-corrected chi connectivity index (χ3v) is 4.39. The van der Waals surface area contributed by atoms with E-state index in [1.54, 1.807) is 18.6 Å². The predicted octanol–water partition coefficient (Wildman–Crippen LogP) is 2.76. The normalized spacial score (nSPS) is 10.8. The fourth-order valence-corrected chi connectivity index (χ4v) is 3.04. The molecular weight excluding hydrogens is 326 g/mol. The summed E-state index contributed by atoms with van der Waals surface area (Å²) in [6, 6.07) is 15.3. The third kappa shape index (κ3) is 4.30. The monoisotopic (exact) mass is 348 g/mol. The third-order valence-electron chi connectivity index (χ3n) is 4.39. The van der Waals surface area contributed by atoms with Gasteiger partial charge in [-0.15, -0.1) is 0 Å². The quantitative estimate of drug-likeness (QED) is 0.547. The summed E-state index contributed by atoms with van der Waals surface area (Å²) in [5.41, 5.74) is 9.01. The number of amides is 2. The number of primary amides is 1. The van der Waals surface area contributed by atoms with E-state index in [0.29, 0.717) is 24.9 Å². The molecule has 0 saturated heterocycles. The maximum Gasteiger partial charge on any atom is 0.248 e. The number of carbonyl (C=O) groups is 2. The molecule has 2 aromatic carbocycles. The molecular formula is C21H22N3O2. The summed E-state index contributed by atoms with van der Waals surface area (Å²) in [6.45, 7) is 0.552. The molecule has 0 atom stereocenters. The largest absolute Gasteiger partial charge is 0.366 e. The Balaban J connectivity index is 1.43. The summed E-state index contributed by atoms with van der Waals surface area (Å²) in [5.74, 6) is -0.504. The van der Waals surface area contributed by atoms with Crippen molar-refractivity contribution in [2.24, 2.45) is 5.73 Å². The first kappa shape index (κ1) is 17.7. The van der Waals surface area contributed by atoms with Crippen LogP contribution in [-0.2, 0) is 17.6 Å². The Kier molecular flexibility index (Phi) is 5.69. The number of rotatable bonds is 8. The first-order valence-corrected chi connectivity index (χ1v) is 8.69. The number of benzene rings is 2. The number of aromatic nitrogens is 1. The second kappa shape index (κ2) is 8.34. The van der Waals surface area contributed by atoms with Crippen molar-refractivity contribution >= 4 is 22.7 Å². The van der Waals surface area contributed by atoms with Crippen LogP contribution in [0, 0.1) is 6.42 Å². The summed E-state index contributed by atoms with van der Waals surface area (Å²) >= 11 is 0. The first-order chi connectivity index (χ1) is 12.6. The molecule has 133 valence electrons. The van der Waals surface area contributed by atoms with E-state index in [0.717, 1.165) is 28.5 Å². The second-order valence-corrected chi connectivity index (χ2v) is 6.18. The average molecular weight is 348 g/mol. The summed E-state index contributed by atoms with van der Waals surface area (Å²) in [5, 5.41) is 4.03. The lowest BCUT2D eigenvalue weighted by Crippen LogP contribution is -2.25. The van der Waals surface area contributed by atoms with Crippen molar-refractivity contribution in [3.63, 3.8) is 0 Å². The van der Waals surface area contributed by atoms with Crippen LogP contribution in [-0.4, -0.2) is 23.3 Å². The molecule has 0 bridgehead atoms. The molecule has 5 nitrogen and oxygen atoms in total. The maximum absolute atomic E-state index is 12.0. The number of fused-ring (bicyclic) bond motifs is 1. The molecule has 1 aromatic heterocycles. The summed E-state index contributed by atoms with van der Waals surface area (Å²) < 4.78 is 0. The van der Waals surface area contributed by atoms with E-state index in [1.807, 2.05) is 42.6 Å². The first-order valence-electron chi connectivity index (χ1n) is 8.69. The molecule has 3 aromatic rings. The van der Waals surface area contributed by atoms with E-state index in [9.17, 15) is 9.59 Å². The van der Waals surface area contributed by atoms with Crippen LogP contribution in [0.3, 0.4) is 0 Å². The van der Waals surface area contributed by atoms with Crippen LogP contribution in [0.25, 0.3) is 10.9 Å². The average Bonchev–Trinajstić information content (AvgIpc) is 3.07. The molecule has 0 fully saturated rings. The van der Waals surface area contributed by atoms with Crippen molar-refractivity contribution < 1.29 is 9.59 Å². The summed E-state index contributed by atoms with van der Waals surface area (Å²) in [4.78, 5) is 26.6. The van der Waals surface area contributed by atoms with Gasteiger partial charge in [-0.1, -0.05) is 36.4 Å². The highest BCUT2D eigenvalue weighted by Gasteiger charge is 2.08. The molecule has 0 spiro atoms. The number of nitrogens with one attached hydrogen (secondary N) is 2. The van der Waals surface area contributed by atoms with Crippen LogP contribution in [0.2, 0.25) is 0 Å². The summed E-state index contributed by atoms with van der Waals surface area (Å²) in [7, 11) is 0. The highest BCUT2D eigenvalue weighted by atomic mass is 16.1. The molecule has 1 heterocycles. The van der Waals surface area contributed by atoms with Gasteiger partial charge in [0.1, 0.15) is 0 Å². The molecule has 26 heavy (non-hydrogen) atoms. The topological polar surface area (TPSA) is 88.0 Å². The second-order valence-electron chi connectivity index (χ2n) is 6.18. The number of aryl methyl sites for hydroxylation is 1. The molecule has 4 N–H and O–H groups in total. The van der Waals surface area contributed by atoms with Crippen LogP contribution < -0.4 is 11.1 Å². The van der Waals surface area contributed by atoms with Gasteiger partial charge < -0.3 is 16.0 Å². The zero-order valence-electron chi connectivity index (χ0n) is 14.5. The minimum atomic E-state index is -0.420. The van der Waals surface area contributed by atoms with Gasteiger partial charge in [0.15, 0.2) is 0 Å². The number of aromatic amines is 1. The minimum absolute atomic E-state index is 0.0848. The Bertz CT molecular complexity index is 914. The van der Waals surface area contributed by atoms with E-state index in [-0.39, 0.29) is 5.91 Å². The standard InChI is InChI=1S/C21H22N3O2/c22-21(26)18-9-2-1-6-15(18)7-5-13-23-20(25)12-11-16-14-24-19-10-4-3-8-17(16)19/h1-4,6,8-10,12,14,24H,5,7,11,13H2,(H2,22,26)(H,23,25). The fourth-order valence-electron chi connectivity index (χ4n) is 3.04. The van der Waals surface area contributed by atoms with E-state index >= 15 is 0 Å². The Morgan fingerprint density at radius 3 is 2.65 bits per heavy atom. The molecule has 3 rings (SSSR count). The fraction of sp³-hybridized carbons (Fsp3) is 0.190. The van der Waals surface area contributed by atoms with Crippen LogP contribution in [0.15, 0.2) is 54.7 Å². The maximum atomic E-state index is 12.0. The minimum Gasteiger partial charge on any atom is -0.366 e. The van der Waals surface area contributed by atoms with Crippen LogP contribution >= 0.6 is 0 Å². The van der Waals surface area contributed by atoms with E-state index in [2.05, 4.69) is 10.3 Å². The molecule has 5 heteroatoms. The van der Waals surface area contributed by atoms with Gasteiger partial charge in [0, 0.05) is 29.2 Å².